The van der Waals surface area contributed by atoms with Crippen LogP contribution in [0.1, 0.15) is 20.8 Å². The number of rotatable bonds is 11. The zero-order valence-corrected chi connectivity index (χ0v) is 18.0. The molecule has 0 saturated carbocycles. The molecule has 11 heteroatoms. The van der Waals surface area contributed by atoms with Crippen LogP contribution in [0.15, 0.2) is 12.2 Å². The summed E-state index contributed by atoms with van der Waals surface area (Å²) in [5, 5.41) is 2.18. The van der Waals surface area contributed by atoms with E-state index in [9.17, 15) is 23.3 Å². The van der Waals surface area contributed by atoms with Gasteiger partial charge in [-0.25, -0.2) is 0 Å². The largest absolute Gasteiger partial charge is 0.371 e. The summed E-state index contributed by atoms with van der Waals surface area (Å²) in [6.45, 7) is 8.27. The summed E-state index contributed by atoms with van der Waals surface area (Å²) in [4.78, 5) is 32.3. The highest BCUT2D eigenvalue weighted by Crippen LogP contribution is 2.45. The van der Waals surface area contributed by atoms with Crippen molar-refractivity contribution in [1.29, 1.82) is 0 Å². The smallest absolute Gasteiger partial charge is 0.298 e. The van der Waals surface area contributed by atoms with Gasteiger partial charge < -0.3 is 24.2 Å². The van der Waals surface area contributed by atoms with Crippen LogP contribution in [0, 0.1) is 5.41 Å². The summed E-state index contributed by atoms with van der Waals surface area (Å²) >= 11 is 1.13. The molecule has 0 aromatic rings. The van der Waals surface area contributed by atoms with Gasteiger partial charge in [-0.3, -0.25) is 9.59 Å². The zero-order valence-electron chi connectivity index (χ0n) is 16.3. The Bertz CT molecular complexity index is 625. The van der Waals surface area contributed by atoms with Crippen LogP contribution >= 0.6 is 19.1 Å². The van der Waals surface area contributed by atoms with Gasteiger partial charge >= 0.3 is 0 Å². The molecule has 1 heterocycles. The first kappa shape index (κ1) is 25.3. The van der Waals surface area contributed by atoms with E-state index in [1.165, 1.54) is 0 Å². The Hall–Kier alpha value is -0.770. The molecule has 1 amide bonds. The zero-order chi connectivity index (χ0) is 21.6. The van der Waals surface area contributed by atoms with Crippen LogP contribution in [0.5, 0.6) is 0 Å². The van der Waals surface area contributed by atoms with Crippen LogP contribution < -0.4 is 5.32 Å². The fraction of sp³-hybridized carbons (Fsp3) is 0.706. The summed E-state index contributed by atoms with van der Waals surface area (Å²) in [6.07, 6.45) is 0.955. The number of hydrogen-bond acceptors (Lipinski definition) is 7. The molecule has 7 nitrogen and oxygen atoms in total. The maximum atomic E-state index is 14.1. The molecule has 1 saturated heterocycles. The fourth-order valence-electron chi connectivity index (χ4n) is 2.12. The van der Waals surface area contributed by atoms with Crippen LogP contribution in [-0.2, 0) is 23.6 Å². The molecule has 28 heavy (non-hydrogen) atoms. The Morgan fingerprint density at radius 1 is 1.50 bits per heavy atom. The molecule has 1 rings (SSSR count). The number of hydrogen-bond donors (Lipinski definition) is 2. The SMILES string of the molecule is C=C1[C@@H](COP(=C)(O)COCCSC(=O)C(C)(C)C)O[C@@H](CNC=O)C1(F)F. The van der Waals surface area contributed by atoms with Crippen LogP contribution in [-0.4, -0.2) is 72.7 Å². The highest BCUT2D eigenvalue weighted by Gasteiger charge is 2.53. The third kappa shape index (κ3) is 7.57. The predicted molar refractivity (Wildman–Crippen MR) is 107 cm³/mol. The number of alkyl halides is 2. The van der Waals surface area contributed by atoms with E-state index in [0.717, 1.165) is 11.8 Å². The first-order valence-electron chi connectivity index (χ1n) is 8.55. The highest BCUT2D eigenvalue weighted by molar-refractivity contribution is 8.13. The molecule has 0 radical (unpaired) electrons. The molecule has 3 atom stereocenters. The first-order valence-corrected chi connectivity index (χ1v) is 11.6. The Balaban J connectivity index is 2.39. The van der Waals surface area contributed by atoms with Crippen molar-refractivity contribution in [2.75, 3.05) is 31.9 Å². The van der Waals surface area contributed by atoms with Crippen molar-refractivity contribution in [2.45, 2.75) is 38.9 Å². The standard InChI is InChI=1S/C17H28F2NO6PS/c1-12-13(26-14(8-20-10-21)17(12,18)19)9-25-27(5,23)11-24-6-7-28-15(22)16(2,3)4/h10,13-14,23H,1,5-9,11H2,2-4H3,(H,20,21)/t13-,14+,27?/m1/s1. The van der Waals surface area contributed by atoms with Gasteiger partial charge in [-0.05, 0) is 6.30 Å². The van der Waals surface area contributed by atoms with Gasteiger partial charge in [0.25, 0.3) is 5.92 Å². The summed E-state index contributed by atoms with van der Waals surface area (Å²) in [6, 6.07) is 0. The number of carbonyl (C=O) groups is 2. The lowest BCUT2D eigenvalue weighted by Gasteiger charge is -2.21. The molecule has 1 unspecified atom stereocenters. The van der Waals surface area contributed by atoms with Crippen LogP contribution in [0.25, 0.3) is 0 Å². The minimum absolute atomic E-state index is 0.0310. The van der Waals surface area contributed by atoms with E-state index in [1.54, 1.807) is 0 Å². The number of thioether (sulfide) groups is 1. The van der Waals surface area contributed by atoms with Crippen molar-refractivity contribution in [2.24, 2.45) is 5.41 Å². The summed E-state index contributed by atoms with van der Waals surface area (Å²) < 4.78 is 43.9. The summed E-state index contributed by atoms with van der Waals surface area (Å²) in [5.41, 5.74) is -0.929. The molecule has 1 fully saturated rings. The topological polar surface area (TPSA) is 94.1 Å². The molecule has 0 aromatic carbocycles. The van der Waals surface area contributed by atoms with Gasteiger partial charge in [-0.1, -0.05) is 39.1 Å². The van der Waals surface area contributed by atoms with E-state index >= 15 is 0 Å². The van der Waals surface area contributed by atoms with Crippen LogP contribution in [0.3, 0.4) is 0 Å². The van der Waals surface area contributed by atoms with E-state index in [-0.39, 0.29) is 31.2 Å². The van der Waals surface area contributed by atoms with E-state index in [1.807, 2.05) is 20.8 Å². The van der Waals surface area contributed by atoms with Crippen molar-refractivity contribution in [3.05, 3.63) is 12.2 Å². The highest BCUT2D eigenvalue weighted by atomic mass is 32.2. The molecule has 162 valence electrons. The molecule has 0 aliphatic carbocycles. The third-order valence-corrected chi connectivity index (χ3v) is 6.23. The molecule has 2 N–H and O–H groups in total. The predicted octanol–water partition coefficient (Wildman–Crippen LogP) is 2.26. The minimum atomic E-state index is -3.32. The van der Waals surface area contributed by atoms with Crippen molar-refractivity contribution in [1.82, 2.24) is 5.32 Å². The first-order chi connectivity index (χ1) is 12.8. The van der Waals surface area contributed by atoms with Crippen LogP contribution in [0.2, 0.25) is 0 Å². The average Bonchev–Trinajstić information content (AvgIpc) is 2.79. The Morgan fingerprint density at radius 3 is 2.71 bits per heavy atom. The molecular weight excluding hydrogens is 415 g/mol. The second kappa shape index (κ2) is 10.3. The summed E-state index contributed by atoms with van der Waals surface area (Å²) in [7, 11) is -3.20. The Kier molecular flexibility index (Phi) is 9.31. The Morgan fingerprint density at radius 2 is 2.14 bits per heavy atom. The second-order valence-electron chi connectivity index (χ2n) is 7.35. The van der Waals surface area contributed by atoms with Crippen molar-refractivity contribution in [3.8, 4) is 0 Å². The quantitative estimate of drug-likeness (QED) is 0.219. The number of carbonyl (C=O) groups excluding carboxylic acids is 2. The van der Waals surface area contributed by atoms with Crippen molar-refractivity contribution < 1.29 is 37.3 Å². The van der Waals surface area contributed by atoms with Gasteiger partial charge in [0, 0.05) is 23.3 Å². The monoisotopic (exact) mass is 443 g/mol. The van der Waals surface area contributed by atoms with Gasteiger partial charge in [0.1, 0.15) is 25.9 Å². The molecule has 1 aliphatic rings. The van der Waals surface area contributed by atoms with E-state index in [4.69, 9.17) is 14.0 Å². The maximum Gasteiger partial charge on any atom is 0.298 e. The number of nitrogens with one attached hydrogen (secondary N) is 1. The van der Waals surface area contributed by atoms with Gasteiger partial charge in [0.2, 0.25) is 6.41 Å². The van der Waals surface area contributed by atoms with Gasteiger partial charge in [-0.15, -0.1) is 0 Å². The number of amides is 1. The second-order valence-corrected chi connectivity index (χ2v) is 10.6. The lowest BCUT2D eigenvalue weighted by atomic mass is 10.00. The molecular formula is C17H28F2NO6PS. The molecule has 1 aliphatic heterocycles. The molecule has 0 aromatic heterocycles. The lowest BCUT2D eigenvalue weighted by molar-refractivity contribution is -0.117. The lowest BCUT2D eigenvalue weighted by Crippen LogP contribution is -2.38. The van der Waals surface area contributed by atoms with Gasteiger partial charge in [0.15, 0.2) is 5.12 Å². The number of ether oxygens (including phenoxy) is 2. The number of halogens is 2. The van der Waals surface area contributed by atoms with Gasteiger partial charge in [0.05, 0.1) is 13.2 Å². The van der Waals surface area contributed by atoms with Crippen LogP contribution in [0.4, 0.5) is 8.78 Å². The summed E-state index contributed by atoms with van der Waals surface area (Å²) in [5.74, 6) is -2.91. The average molecular weight is 443 g/mol. The third-order valence-electron chi connectivity index (χ3n) is 3.77. The van der Waals surface area contributed by atoms with E-state index in [0.29, 0.717) is 12.2 Å². The van der Waals surface area contributed by atoms with Gasteiger partial charge in [-0.2, -0.15) is 8.78 Å². The normalized spacial score (nSPS) is 24.0. The van der Waals surface area contributed by atoms with E-state index < -0.39 is 36.5 Å². The molecule has 0 bridgehead atoms. The Labute approximate surface area is 168 Å². The van der Waals surface area contributed by atoms with Crippen molar-refractivity contribution in [3.63, 3.8) is 0 Å². The molecule has 0 spiro atoms. The maximum absolute atomic E-state index is 14.1. The van der Waals surface area contributed by atoms with Crippen molar-refractivity contribution >= 4 is 36.9 Å². The fourth-order valence-corrected chi connectivity index (χ4v) is 3.84. The van der Waals surface area contributed by atoms with E-state index in [2.05, 4.69) is 18.2 Å². The minimum Gasteiger partial charge on any atom is -0.371 e.